The third-order valence-corrected chi connectivity index (χ3v) is 2.14. The minimum absolute atomic E-state index is 0.160. The zero-order valence-corrected chi connectivity index (χ0v) is 7.98. The van der Waals surface area contributed by atoms with Crippen molar-refractivity contribution in [1.29, 1.82) is 0 Å². The van der Waals surface area contributed by atoms with E-state index in [0.717, 1.165) is 13.2 Å². The Morgan fingerprint density at radius 2 is 2.09 bits per heavy atom. The molecule has 0 saturated carbocycles. The van der Waals surface area contributed by atoms with Gasteiger partial charge in [-0.1, -0.05) is 13.8 Å². The molecule has 0 aliphatic carbocycles. The minimum atomic E-state index is 0.160. The molecule has 1 atom stereocenters. The third kappa shape index (κ3) is 2.46. The summed E-state index contributed by atoms with van der Waals surface area (Å²) in [6, 6.07) is 0.527. The van der Waals surface area contributed by atoms with Gasteiger partial charge >= 0.3 is 0 Å². The van der Waals surface area contributed by atoms with E-state index in [-0.39, 0.29) is 5.54 Å². The normalized spacial score (nSPS) is 30.8. The summed E-state index contributed by atoms with van der Waals surface area (Å²) in [7, 11) is 0. The number of ether oxygens (including phenoxy) is 1. The van der Waals surface area contributed by atoms with Gasteiger partial charge in [-0.05, 0) is 19.8 Å². The van der Waals surface area contributed by atoms with Crippen molar-refractivity contribution in [2.24, 2.45) is 5.92 Å². The standard InChI is InChI=1S/C9H19NO/c1-7(2)8-5-11-6-9(3,4)10-8/h7-8,10H,5-6H2,1-4H3/t8-/m1/s1. The second-order valence-corrected chi connectivity index (χ2v) is 4.39. The molecule has 11 heavy (non-hydrogen) atoms. The fourth-order valence-corrected chi connectivity index (χ4v) is 1.39. The summed E-state index contributed by atoms with van der Waals surface area (Å²) in [6.07, 6.45) is 0. The predicted molar refractivity (Wildman–Crippen MR) is 46.7 cm³/mol. The molecule has 1 N–H and O–H groups in total. The zero-order valence-electron chi connectivity index (χ0n) is 7.98. The van der Waals surface area contributed by atoms with Crippen molar-refractivity contribution >= 4 is 0 Å². The summed E-state index contributed by atoms with van der Waals surface area (Å²) in [5, 5.41) is 3.57. The van der Waals surface area contributed by atoms with E-state index in [9.17, 15) is 0 Å². The zero-order chi connectivity index (χ0) is 8.48. The molecule has 0 spiro atoms. The van der Waals surface area contributed by atoms with Gasteiger partial charge in [0, 0.05) is 11.6 Å². The van der Waals surface area contributed by atoms with Gasteiger partial charge in [0.15, 0.2) is 0 Å². The summed E-state index contributed by atoms with van der Waals surface area (Å²) in [6.45, 7) is 10.5. The quantitative estimate of drug-likeness (QED) is 0.621. The van der Waals surface area contributed by atoms with Gasteiger partial charge in [-0.15, -0.1) is 0 Å². The number of morpholine rings is 1. The molecular formula is C9H19NO. The molecule has 1 fully saturated rings. The SMILES string of the molecule is CC(C)[C@H]1COCC(C)(C)N1. The van der Waals surface area contributed by atoms with Gasteiger partial charge in [0.2, 0.25) is 0 Å². The Hall–Kier alpha value is -0.0800. The molecule has 66 valence electrons. The summed E-state index contributed by atoms with van der Waals surface area (Å²) in [5.74, 6) is 0.662. The Balaban J connectivity index is 2.46. The van der Waals surface area contributed by atoms with Crippen LogP contribution in [0.4, 0.5) is 0 Å². The molecule has 1 saturated heterocycles. The maximum Gasteiger partial charge on any atom is 0.0643 e. The summed E-state index contributed by atoms with van der Waals surface area (Å²) in [5.41, 5.74) is 0.160. The molecule has 0 aromatic rings. The van der Waals surface area contributed by atoms with Gasteiger partial charge in [-0.2, -0.15) is 0 Å². The highest BCUT2D eigenvalue weighted by molar-refractivity contribution is 4.87. The first-order chi connectivity index (χ1) is 5.01. The van der Waals surface area contributed by atoms with Crippen molar-refractivity contribution in [2.45, 2.75) is 39.3 Å². The van der Waals surface area contributed by atoms with E-state index in [4.69, 9.17) is 4.74 Å². The largest absolute Gasteiger partial charge is 0.378 e. The van der Waals surface area contributed by atoms with Gasteiger partial charge < -0.3 is 10.1 Å². The summed E-state index contributed by atoms with van der Waals surface area (Å²) in [4.78, 5) is 0. The molecule has 0 unspecified atom stereocenters. The van der Waals surface area contributed by atoms with E-state index < -0.39 is 0 Å². The highest BCUT2D eigenvalue weighted by atomic mass is 16.5. The van der Waals surface area contributed by atoms with Crippen molar-refractivity contribution < 1.29 is 4.74 Å². The molecule has 0 amide bonds. The Bertz CT molecular complexity index is 132. The van der Waals surface area contributed by atoms with E-state index in [1.807, 2.05) is 0 Å². The predicted octanol–water partition coefficient (Wildman–Crippen LogP) is 1.41. The van der Waals surface area contributed by atoms with E-state index >= 15 is 0 Å². The number of hydrogen-bond donors (Lipinski definition) is 1. The summed E-state index contributed by atoms with van der Waals surface area (Å²) >= 11 is 0. The van der Waals surface area contributed by atoms with Crippen LogP contribution >= 0.6 is 0 Å². The second-order valence-electron chi connectivity index (χ2n) is 4.39. The highest BCUT2D eigenvalue weighted by Gasteiger charge is 2.28. The fourth-order valence-electron chi connectivity index (χ4n) is 1.39. The molecule has 2 nitrogen and oxygen atoms in total. The maximum absolute atomic E-state index is 5.50. The van der Waals surface area contributed by atoms with Crippen LogP contribution in [0.1, 0.15) is 27.7 Å². The monoisotopic (exact) mass is 157 g/mol. The van der Waals surface area contributed by atoms with Crippen LogP contribution in [0, 0.1) is 5.92 Å². The fraction of sp³-hybridized carbons (Fsp3) is 1.00. The third-order valence-electron chi connectivity index (χ3n) is 2.14. The average molecular weight is 157 g/mol. The topological polar surface area (TPSA) is 21.3 Å². The lowest BCUT2D eigenvalue weighted by atomic mass is 9.97. The first kappa shape index (κ1) is 9.01. The van der Waals surface area contributed by atoms with E-state index in [0.29, 0.717) is 12.0 Å². The molecule has 0 aromatic carbocycles. The van der Waals surface area contributed by atoms with E-state index in [1.54, 1.807) is 0 Å². The van der Waals surface area contributed by atoms with E-state index in [2.05, 4.69) is 33.0 Å². The molecule has 1 aliphatic rings. The lowest BCUT2D eigenvalue weighted by molar-refractivity contribution is 0.00111. The first-order valence-electron chi connectivity index (χ1n) is 4.37. The van der Waals surface area contributed by atoms with Crippen molar-refractivity contribution in [3.63, 3.8) is 0 Å². The number of hydrogen-bond acceptors (Lipinski definition) is 2. The van der Waals surface area contributed by atoms with Gasteiger partial charge in [-0.3, -0.25) is 0 Å². The molecule has 2 heteroatoms. The Labute approximate surface area is 69.3 Å². The van der Waals surface area contributed by atoms with Crippen LogP contribution in [0.15, 0.2) is 0 Å². The van der Waals surface area contributed by atoms with Crippen molar-refractivity contribution in [1.82, 2.24) is 5.32 Å². The molecule has 1 aliphatic heterocycles. The Morgan fingerprint density at radius 3 is 2.45 bits per heavy atom. The van der Waals surface area contributed by atoms with Gasteiger partial charge in [0.05, 0.1) is 13.2 Å². The minimum Gasteiger partial charge on any atom is -0.378 e. The van der Waals surface area contributed by atoms with Gasteiger partial charge in [0.25, 0.3) is 0 Å². The molecule has 0 bridgehead atoms. The summed E-state index contributed by atoms with van der Waals surface area (Å²) < 4.78 is 5.50. The molecular weight excluding hydrogens is 138 g/mol. The van der Waals surface area contributed by atoms with Crippen LogP contribution in [-0.2, 0) is 4.74 Å². The molecule has 0 aromatic heterocycles. The van der Waals surface area contributed by atoms with Crippen LogP contribution < -0.4 is 5.32 Å². The highest BCUT2D eigenvalue weighted by Crippen LogP contribution is 2.15. The average Bonchev–Trinajstić information content (AvgIpc) is 1.85. The van der Waals surface area contributed by atoms with E-state index in [1.165, 1.54) is 0 Å². The van der Waals surface area contributed by atoms with Crippen LogP contribution in [0.3, 0.4) is 0 Å². The molecule has 0 radical (unpaired) electrons. The second kappa shape index (κ2) is 3.11. The lowest BCUT2D eigenvalue weighted by Gasteiger charge is -2.38. The molecule has 1 rings (SSSR count). The van der Waals surface area contributed by atoms with Gasteiger partial charge in [0.1, 0.15) is 0 Å². The van der Waals surface area contributed by atoms with Crippen LogP contribution in [0.2, 0.25) is 0 Å². The van der Waals surface area contributed by atoms with Crippen molar-refractivity contribution in [3.05, 3.63) is 0 Å². The van der Waals surface area contributed by atoms with Crippen molar-refractivity contribution in [3.8, 4) is 0 Å². The Morgan fingerprint density at radius 1 is 1.45 bits per heavy atom. The Kier molecular flexibility index (Phi) is 2.55. The van der Waals surface area contributed by atoms with Crippen LogP contribution in [0.25, 0.3) is 0 Å². The first-order valence-corrected chi connectivity index (χ1v) is 4.37. The lowest BCUT2D eigenvalue weighted by Crippen LogP contribution is -2.57. The van der Waals surface area contributed by atoms with Gasteiger partial charge in [-0.25, -0.2) is 0 Å². The van der Waals surface area contributed by atoms with Crippen LogP contribution in [0.5, 0.6) is 0 Å². The number of nitrogens with one attached hydrogen (secondary N) is 1. The molecule has 1 heterocycles. The smallest absolute Gasteiger partial charge is 0.0643 e. The maximum atomic E-state index is 5.50. The van der Waals surface area contributed by atoms with Crippen molar-refractivity contribution in [2.75, 3.05) is 13.2 Å². The van der Waals surface area contributed by atoms with Crippen LogP contribution in [-0.4, -0.2) is 24.8 Å². The number of rotatable bonds is 1.